The number of nitrogens with one attached hydrogen (secondary N) is 3. The first kappa shape index (κ1) is 20.5. The van der Waals surface area contributed by atoms with E-state index in [9.17, 15) is 19.2 Å². The van der Waals surface area contributed by atoms with Crippen molar-refractivity contribution in [1.82, 2.24) is 15.6 Å². The Kier molecular flexibility index (Phi) is 6.23. The molecule has 152 valence electrons. The second-order valence-corrected chi connectivity index (χ2v) is 7.46. The quantitative estimate of drug-likeness (QED) is 0.467. The van der Waals surface area contributed by atoms with Crippen molar-refractivity contribution in [2.45, 2.75) is 32.7 Å². The van der Waals surface area contributed by atoms with Gasteiger partial charge in [0.2, 0.25) is 0 Å². The van der Waals surface area contributed by atoms with Gasteiger partial charge in [-0.1, -0.05) is 12.1 Å². The Morgan fingerprint density at radius 3 is 2.72 bits per heavy atom. The highest BCUT2D eigenvalue weighted by molar-refractivity contribution is 7.14. The van der Waals surface area contributed by atoms with Gasteiger partial charge in [0.15, 0.2) is 11.7 Å². The van der Waals surface area contributed by atoms with E-state index in [0.29, 0.717) is 5.13 Å². The maximum Gasteiger partial charge on any atom is 0.322 e. The maximum atomic E-state index is 12.0. The summed E-state index contributed by atoms with van der Waals surface area (Å²) in [7, 11) is 0. The van der Waals surface area contributed by atoms with Gasteiger partial charge in [0.05, 0.1) is 5.69 Å². The number of imide groups is 1. The lowest BCUT2D eigenvalue weighted by atomic mass is 10.1. The molecule has 2 aromatic rings. The normalized spacial score (nSPS) is 15.6. The van der Waals surface area contributed by atoms with Crippen molar-refractivity contribution in [3.63, 3.8) is 0 Å². The molecule has 0 aliphatic carbocycles. The number of amides is 4. The molecule has 1 aromatic carbocycles. The van der Waals surface area contributed by atoms with Crippen LogP contribution in [-0.4, -0.2) is 41.4 Å². The zero-order valence-electron chi connectivity index (χ0n) is 15.9. The van der Waals surface area contributed by atoms with Gasteiger partial charge in [-0.05, 0) is 37.5 Å². The third kappa shape index (κ3) is 5.38. The Hall–Kier alpha value is -3.27. The van der Waals surface area contributed by atoms with Gasteiger partial charge in [-0.15, -0.1) is 11.3 Å². The Labute approximate surface area is 170 Å². The Balaban J connectivity index is 1.44. The number of thiazole rings is 1. The number of aryl methyl sites for hydroxylation is 2. The summed E-state index contributed by atoms with van der Waals surface area (Å²) in [6, 6.07) is 4.67. The number of carbonyl (C=O) groups is 4. The molecule has 2 heterocycles. The number of aromatic nitrogens is 1. The van der Waals surface area contributed by atoms with E-state index < -0.39 is 36.5 Å². The molecule has 4 amide bonds. The number of nitrogens with zero attached hydrogens (tertiary/aromatic N) is 1. The van der Waals surface area contributed by atoms with Crippen LogP contribution in [0.3, 0.4) is 0 Å². The smallest absolute Gasteiger partial charge is 0.322 e. The first-order chi connectivity index (χ1) is 13.8. The van der Waals surface area contributed by atoms with Crippen LogP contribution in [0.4, 0.5) is 9.93 Å². The summed E-state index contributed by atoms with van der Waals surface area (Å²) >= 11 is 1.28. The minimum atomic E-state index is -0.761. The summed E-state index contributed by atoms with van der Waals surface area (Å²) in [5, 5.41) is 9.30. The van der Waals surface area contributed by atoms with Crippen LogP contribution in [0.15, 0.2) is 23.6 Å². The number of carbonyl (C=O) groups excluding carboxylic acids is 4. The van der Waals surface area contributed by atoms with Crippen molar-refractivity contribution in [2.24, 2.45) is 0 Å². The average molecular weight is 416 g/mol. The van der Waals surface area contributed by atoms with Crippen molar-refractivity contribution in [3.05, 3.63) is 34.7 Å². The van der Waals surface area contributed by atoms with Crippen LogP contribution < -0.4 is 16.0 Å². The first-order valence-electron chi connectivity index (χ1n) is 8.92. The molecule has 0 bridgehead atoms. The molecule has 3 N–H and O–H groups in total. The van der Waals surface area contributed by atoms with Crippen molar-refractivity contribution in [3.8, 4) is 11.3 Å². The van der Waals surface area contributed by atoms with Gasteiger partial charge in [-0.2, -0.15) is 0 Å². The van der Waals surface area contributed by atoms with Gasteiger partial charge in [-0.25, -0.2) is 9.78 Å². The van der Waals surface area contributed by atoms with Gasteiger partial charge < -0.3 is 10.1 Å². The topological polar surface area (TPSA) is 126 Å². The number of rotatable bonds is 7. The number of ether oxygens (including phenoxy) is 1. The molecular formula is C19H20N4O5S. The fourth-order valence-electron chi connectivity index (χ4n) is 2.66. The predicted octanol–water partition coefficient (Wildman–Crippen LogP) is 1.90. The van der Waals surface area contributed by atoms with Crippen molar-refractivity contribution in [1.29, 1.82) is 0 Å². The molecule has 1 aliphatic heterocycles. The second-order valence-electron chi connectivity index (χ2n) is 6.60. The van der Waals surface area contributed by atoms with Crippen molar-refractivity contribution < 1.29 is 23.9 Å². The van der Waals surface area contributed by atoms with E-state index in [1.807, 2.05) is 37.4 Å². The minimum Gasteiger partial charge on any atom is -0.456 e. The van der Waals surface area contributed by atoms with Crippen LogP contribution in [0.25, 0.3) is 11.3 Å². The minimum absolute atomic E-state index is 0.0974. The van der Waals surface area contributed by atoms with E-state index in [4.69, 9.17) is 4.74 Å². The maximum absolute atomic E-state index is 12.0. The van der Waals surface area contributed by atoms with Crippen molar-refractivity contribution in [2.75, 3.05) is 11.9 Å². The molecule has 1 aromatic heterocycles. The number of hydrogen-bond donors (Lipinski definition) is 3. The fraction of sp³-hybridized carbons (Fsp3) is 0.316. The van der Waals surface area contributed by atoms with Gasteiger partial charge in [0.1, 0.15) is 6.04 Å². The highest BCUT2D eigenvalue weighted by atomic mass is 32.1. The molecule has 0 unspecified atom stereocenters. The Morgan fingerprint density at radius 2 is 2.03 bits per heavy atom. The molecule has 3 rings (SSSR count). The van der Waals surface area contributed by atoms with Crippen LogP contribution in [0.1, 0.15) is 24.0 Å². The zero-order valence-corrected chi connectivity index (χ0v) is 16.7. The summed E-state index contributed by atoms with van der Waals surface area (Å²) in [4.78, 5) is 50.5. The van der Waals surface area contributed by atoms with E-state index in [2.05, 4.69) is 20.9 Å². The fourth-order valence-corrected chi connectivity index (χ4v) is 3.40. The van der Waals surface area contributed by atoms with Crippen LogP contribution in [0.2, 0.25) is 0 Å². The number of hydrogen-bond acceptors (Lipinski definition) is 7. The molecule has 1 fully saturated rings. The van der Waals surface area contributed by atoms with Crippen LogP contribution >= 0.6 is 11.3 Å². The Bertz CT molecular complexity index is 971. The molecule has 0 spiro atoms. The Morgan fingerprint density at radius 1 is 1.24 bits per heavy atom. The lowest BCUT2D eigenvalue weighted by Crippen LogP contribution is -2.30. The number of urea groups is 1. The van der Waals surface area contributed by atoms with Crippen molar-refractivity contribution >= 4 is 40.3 Å². The largest absolute Gasteiger partial charge is 0.456 e. The lowest BCUT2D eigenvalue weighted by molar-refractivity contribution is -0.147. The summed E-state index contributed by atoms with van der Waals surface area (Å²) in [5.74, 6) is -1.63. The molecule has 10 heteroatoms. The molecule has 0 radical (unpaired) electrons. The van der Waals surface area contributed by atoms with E-state index in [-0.39, 0.29) is 12.8 Å². The molecule has 1 atom stereocenters. The summed E-state index contributed by atoms with van der Waals surface area (Å²) in [6.45, 7) is 3.60. The van der Waals surface area contributed by atoms with Gasteiger partial charge in [0.25, 0.3) is 11.8 Å². The monoisotopic (exact) mass is 416 g/mol. The third-order valence-corrected chi connectivity index (χ3v) is 5.17. The van der Waals surface area contributed by atoms with Crippen LogP contribution in [-0.2, 0) is 19.1 Å². The number of benzene rings is 1. The second kappa shape index (κ2) is 8.82. The standard InChI is InChI=1S/C19H20N4O5S/c1-10-3-4-12(7-11(10)2)14-9-29-19(21-14)22-15(24)8-28-16(25)6-5-13-17(26)23-18(27)20-13/h3-4,7,9,13H,5-6,8H2,1-2H3,(H,21,22,24)(H2,20,23,26,27)/t13-/m1/s1. The van der Waals surface area contributed by atoms with E-state index in [1.165, 1.54) is 16.9 Å². The first-order valence-corrected chi connectivity index (χ1v) is 9.80. The molecule has 29 heavy (non-hydrogen) atoms. The molecule has 0 saturated carbocycles. The molecule has 1 aliphatic rings. The van der Waals surface area contributed by atoms with E-state index in [0.717, 1.165) is 16.8 Å². The van der Waals surface area contributed by atoms with Gasteiger partial charge in [-0.3, -0.25) is 25.0 Å². The van der Waals surface area contributed by atoms with Gasteiger partial charge in [0, 0.05) is 17.4 Å². The van der Waals surface area contributed by atoms with Crippen LogP contribution in [0.5, 0.6) is 0 Å². The summed E-state index contributed by atoms with van der Waals surface area (Å²) in [5.41, 5.74) is 4.06. The SMILES string of the molecule is Cc1ccc(-c2csc(NC(=O)COC(=O)CC[C@H]3NC(=O)NC3=O)n2)cc1C. The highest BCUT2D eigenvalue weighted by Crippen LogP contribution is 2.26. The molecular weight excluding hydrogens is 396 g/mol. The van der Waals surface area contributed by atoms with E-state index >= 15 is 0 Å². The zero-order chi connectivity index (χ0) is 21.0. The predicted molar refractivity (Wildman–Crippen MR) is 106 cm³/mol. The summed E-state index contributed by atoms with van der Waals surface area (Å²) in [6.07, 6.45) is 0.00363. The number of esters is 1. The lowest BCUT2D eigenvalue weighted by Gasteiger charge is -2.07. The third-order valence-electron chi connectivity index (χ3n) is 4.41. The highest BCUT2D eigenvalue weighted by Gasteiger charge is 2.29. The molecule has 1 saturated heterocycles. The summed E-state index contributed by atoms with van der Waals surface area (Å²) < 4.78 is 4.90. The molecule has 9 nitrogen and oxygen atoms in total. The van der Waals surface area contributed by atoms with Crippen LogP contribution in [0, 0.1) is 13.8 Å². The van der Waals surface area contributed by atoms with E-state index in [1.54, 1.807) is 0 Å². The van der Waals surface area contributed by atoms with Gasteiger partial charge >= 0.3 is 12.0 Å². The number of anilines is 1. The average Bonchev–Trinajstić information content (AvgIpc) is 3.26.